The zero-order valence-electron chi connectivity index (χ0n) is 13.2. The van der Waals surface area contributed by atoms with Crippen LogP contribution in [0.1, 0.15) is 35.2 Å². The summed E-state index contributed by atoms with van der Waals surface area (Å²) in [5.74, 6) is 1.17. The lowest BCUT2D eigenvalue weighted by Gasteiger charge is -2.35. The summed E-state index contributed by atoms with van der Waals surface area (Å²) in [6.07, 6.45) is 4.95. The molecule has 4 heteroatoms. The first-order valence-corrected chi connectivity index (χ1v) is 8.68. The third-order valence-corrected chi connectivity index (χ3v) is 5.20. The fourth-order valence-electron chi connectivity index (χ4n) is 3.68. The third-order valence-electron chi connectivity index (χ3n) is 5.20. The number of rotatable bonds is 3. The van der Waals surface area contributed by atoms with E-state index < -0.39 is 0 Å². The van der Waals surface area contributed by atoms with Gasteiger partial charge < -0.3 is 10.2 Å². The lowest BCUT2D eigenvalue weighted by molar-refractivity contribution is 0.0631. The minimum absolute atomic E-state index is 0.228. The third kappa shape index (κ3) is 2.84. The Morgan fingerprint density at radius 3 is 2.77 bits per heavy atom. The molecule has 1 N–H and O–H groups in total. The van der Waals surface area contributed by atoms with E-state index in [2.05, 4.69) is 16.3 Å². The smallest absolute Gasteiger partial charge is 0.254 e. The normalized spacial score (nSPS) is 22.1. The van der Waals surface area contributed by atoms with E-state index in [9.17, 15) is 4.79 Å². The topological polar surface area (TPSA) is 35.6 Å². The molecule has 0 aromatic heterocycles. The quantitative estimate of drug-likeness (QED) is 0.929. The molecule has 2 fully saturated rings. The van der Waals surface area contributed by atoms with E-state index in [0.29, 0.717) is 0 Å². The largest absolute Gasteiger partial charge is 0.385 e. The van der Waals surface area contributed by atoms with E-state index in [0.717, 1.165) is 62.7 Å². The Hall–Kier alpha value is -1.55. The number of fused-ring (bicyclic) bond motifs is 1. The summed E-state index contributed by atoms with van der Waals surface area (Å²) in [6.45, 7) is 6.09. The summed E-state index contributed by atoms with van der Waals surface area (Å²) in [7, 11) is 0. The molecule has 1 aromatic carbocycles. The molecule has 1 aromatic rings. The van der Waals surface area contributed by atoms with Crippen LogP contribution < -0.4 is 5.32 Å². The van der Waals surface area contributed by atoms with Gasteiger partial charge in [0.25, 0.3) is 5.91 Å². The number of amides is 1. The van der Waals surface area contributed by atoms with Crippen LogP contribution in [-0.2, 0) is 6.42 Å². The predicted molar refractivity (Wildman–Crippen MR) is 88.3 cm³/mol. The lowest BCUT2D eigenvalue weighted by atomic mass is 9.96. The van der Waals surface area contributed by atoms with Crippen molar-refractivity contribution in [2.45, 2.75) is 25.7 Å². The molecule has 2 heterocycles. The Morgan fingerprint density at radius 1 is 1.18 bits per heavy atom. The van der Waals surface area contributed by atoms with Crippen molar-refractivity contribution < 1.29 is 4.79 Å². The van der Waals surface area contributed by atoms with Gasteiger partial charge in [0.05, 0.1) is 0 Å². The van der Waals surface area contributed by atoms with Gasteiger partial charge in [-0.05, 0) is 49.3 Å². The fourth-order valence-corrected chi connectivity index (χ4v) is 3.68. The first-order valence-electron chi connectivity index (χ1n) is 8.68. The second-order valence-corrected chi connectivity index (χ2v) is 6.90. The molecule has 1 amide bonds. The molecule has 4 nitrogen and oxygen atoms in total. The van der Waals surface area contributed by atoms with Crippen LogP contribution >= 0.6 is 0 Å². The maximum absolute atomic E-state index is 12.9. The highest BCUT2D eigenvalue weighted by Crippen LogP contribution is 2.30. The summed E-state index contributed by atoms with van der Waals surface area (Å²) in [5.41, 5.74) is 3.30. The molecule has 3 aliphatic rings. The number of hydrogen-bond acceptors (Lipinski definition) is 3. The average Bonchev–Trinajstić information content (AvgIpc) is 3.38. The van der Waals surface area contributed by atoms with E-state index in [4.69, 9.17) is 0 Å². The molecule has 0 spiro atoms. The molecule has 2 aliphatic heterocycles. The van der Waals surface area contributed by atoms with E-state index in [1.807, 2.05) is 17.0 Å². The molecule has 0 radical (unpaired) electrons. The number of piperazine rings is 1. The summed E-state index contributed by atoms with van der Waals surface area (Å²) in [4.78, 5) is 17.5. The van der Waals surface area contributed by atoms with Crippen LogP contribution in [0.4, 0.5) is 5.69 Å². The minimum Gasteiger partial charge on any atom is -0.385 e. The molecule has 118 valence electrons. The molecule has 1 aliphatic carbocycles. The monoisotopic (exact) mass is 299 g/mol. The van der Waals surface area contributed by atoms with Gasteiger partial charge in [0.15, 0.2) is 0 Å². The Labute approximate surface area is 132 Å². The van der Waals surface area contributed by atoms with Gasteiger partial charge in [-0.2, -0.15) is 0 Å². The maximum Gasteiger partial charge on any atom is 0.254 e. The summed E-state index contributed by atoms with van der Waals surface area (Å²) in [5, 5.41) is 3.42. The highest BCUT2D eigenvalue weighted by atomic mass is 16.2. The number of anilines is 1. The van der Waals surface area contributed by atoms with Crippen LogP contribution in [0.25, 0.3) is 0 Å². The summed E-state index contributed by atoms with van der Waals surface area (Å²) in [6, 6.07) is 6.11. The second-order valence-electron chi connectivity index (χ2n) is 6.90. The number of hydrogen-bond donors (Lipinski definition) is 1. The molecule has 0 atom stereocenters. The summed E-state index contributed by atoms with van der Waals surface area (Å²) >= 11 is 0. The van der Waals surface area contributed by atoms with Crippen LogP contribution in [0.2, 0.25) is 0 Å². The standard InChI is InChI=1S/C18H25N3O/c22-18(16-3-1-5-17-15(16)4-2-8-19-17)21-11-9-20(10-12-21)13-14-6-7-14/h1,3,5,14,19H,2,4,6-13H2. The number of benzene rings is 1. The van der Waals surface area contributed by atoms with Gasteiger partial charge >= 0.3 is 0 Å². The first kappa shape index (κ1) is 14.1. The van der Waals surface area contributed by atoms with Crippen molar-refractivity contribution in [3.05, 3.63) is 29.3 Å². The molecular formula is C18H25N3O. The van der Waals surface area contributed by atoms with E-state index in [1.165, 1.54) is 24.9 Å². The molecule has 1 saturated heterocycles. The number of nitrogens with one attached hydrogen (secondary N) is 1. The van der Waals surface area contributed by atoms with Crippen molar-refractivity contribution >= 4 is 11.6 Å². The van der Waals surface area contributed by atoms with Crippen LogP contribution in [-0.4, -0.2) is 55.0 Å². The van der Waals surface area contributed by atoms with Crippen molar-refractivity contribution in [2.75, 3.05) is 44.6 Å². The minimum atomic E-state index is 0.228. The lowest BCUT2D eigenvalue weighted by Crippen LogP contribution is -2.49. The second kappa shape index (κ2) is 5.92. The Morgan fingerprint density at radius 2 is 2.00 bits per heavy atom. The highest BCUT2D eigenvalue weighted by Gasteiger charge is 2.29. The van der Waals surface area contributed by atoms with Gasteiger partial charge in [0.2, 0.25) is 0 Å². The van der Waals surface area contributed by atoms with Gasteiger partial charge in [-0.1, -0.05) is 6.07 Å². The van der Waals surface area contributed by atoms with E-state index in [-0.39, 0.29) is 5.91 Å². The van der Waals surface area contributed by atoms with Crippen molar-refractivity contribution in [1.29, 1.82) is 0 Å². The molecule has 0 bridgehead atoms. The highest BCUT2D eigenvalue weighted by molar-refractivity contribution is 5.97. The number of carbonyl (C=O) groups is 1. The number of nitrogens with zero attached hydrogens (tertiary/aromatic N) is 2. The number of carbonyl (C=O) groups excluding carboxylic acids is 1. The molecule has 0 unspecified atom stereocenters. The van der Waals surface area contributed by atoms with Crippen molar-refractivity contribution in [3.63, 3.8) is 0 Å². The van der Waals surface area contributed by atoms with Gasteiger partial charge in [0, 0.05) is 50.5 Å². The van der Waals surface area contributed by atoms with Crippen molar-refractivity contribution in [2.24, 2.45) is 5.92 Å². The first-order chi connectivity index (χ1) is 10.8. The zero-order chi connectivity index (χ0) is 14.9. The van der Waals surface area contributed by atoms with Gasteiger partial charge in [-0.15, -0.1) is 0 Å². The Balaban J connectivity index is 1.44. The van der Waals surface area contributed by atoms with E-state index >= 15 is 0 Å². The molecule has 4 rings (SSSR count). The van der Waals surface area contributed by atoms with E-state index in [1.54, 1.807) is 0 Å². The van der Waals surface area contributed by atoms with Crippen LogP contribution in [0, 0.1) is 5.92 Å². The van der Waals surface area contributed by atoms with Crippen molar-refractivity contribution in [1.82, 2.24) is 9.80 Å². The van der Waals surface area contributed by atoms with Crippen LogP contribution in [0.3, 0.4) is 0 Å². The van der Waals surface area contributed by atoms with Crippen LogP contribution in [0.5, 0.6) is 0 Å². The summed E-state index contributed by atoms with van der Waals surface area (Å²) < 4.78 is 0. The van der Waals surface area contributed by atoms with Gasteiger partial charge in [-0.3, -0.25) is 9.69 Å². The van der Waals surface area contributed by atoms with Gasteiger partial charge in [-0.25, -0.2) is 0 Å². The Kier molecular flexibility index (Phi) is 3.78. The molecular weight excluding hydrogens is 274 g/mol. The predicted octanol–water partition coefficient (Wildman–Crippen LogP) is 2.21. The SMILES string of the molecule is O=C(c1cccc2c1CCCN2)N1CCN(CC2CC2)CC1. The fraction of sp³-hybridized carbons (Fsp3) is 0.611. The van der Waals surface area contributed by atoms with Crippen molar-refractivity contribution in [3.8, 4) is 0 Å². The average molecular weight is 299 g/mol. The molecule has 22 heavy (non-hydrogen) atoms. The molecule has 1 saturated carbocycles. The zero-order valence-corrected chi connectivity index (χ0v) is 13.2. The Bertz CT molecular complexity index is 559. The van der Waals surface area contributed by atoms with Crippen LogP contribution in [0.15, 0.2) is 18.2 Å². The van der Waals surface area contributed by atoms with Gasteiger partial charge in [0.1, 0.15) is 0 Å². The maximum atomic E-state index is 12.9.